The van der Waals surface area contributed by atoms with Gasteiger partial charge in [-0.2, -0.15) is 0 Å². The lowest BCUT2D eigenvalue weighted by molar-refractivity contribution is -0.133. The molecule has 2 N–H and O–H groups in total. The first-order valence-electron chi connectivity index (χ1n) is 5.63. The minimum atomic E-state index is 0.212. The van der Waals surface area contributed by atoms with Crippen LogP contribution in [0, 0.1) is 17.3 Å². The van der Waals surface area contributed by atoms with Crippen molar-refractivity contribution in [3.8, 4) is 0 Å². The molecule has 14 heavy (non-hydrogen) atoms. The number of hydrogen-bond acceptors (Lipinski definition) is 3. The highest BCUT2D eigenvalue weighted by Crippen LogP contribution is 2.63. The Morgan fingerprint density at radius 3 is 2.21 bits per heavy atom. The average molecular weight is 196 g/mol. The summed E-state index contributed by atoms with van der Waals surface area (Å²) in [5.74, 6) is 1.85. The molecule has 0 aromatic carbocycles. The zero-order valence-electron chi connectivity index (χ0n) is 9.12. The maximum Gasteiger partial charge on any atom is 0.0802 e. The fourth-order valence-corrected chi connectivity index (χ4v) is 3.29. The summed E-state index contributed by atoms with van der Waals surface area (Å²) in [5.41, 5.74) is 6.67. The molecule has 0 amide bonds. The maximum atomic E-state index is 5.85. The average Bonchev–Trinajstić information content (AvgIpc) is 2.50. The molecule has 0 radical (unpaired) electrons. The van der Waals surface area contributed by atoms with Crippen LogP contribution in [0.25, 0.3) is 0 Å². The van der Waals surface area contributed by atoms with Crippen molar-refractivity contribution in [3.63, 3.8) is 0 Å². The van der Waals surface area contributed by atoms with Gasteiger partial charge in [-0.25, -0.2) is 0 Å². The van der Waals surface area contributed by atoms with Gasteiger partial charge < -0.3 is 10.5 Å². The van der Waals surface area contributed by atoms with Crippen LogP contribution in [0.4, 0.5) is 0 Å². The second-order valence-electron chi connectivity index (χ2n) is 5.86. The third-order valence-corrected chi connectivity index (χ3v) is 4.91. The van der Waals surface area contributed by atoms with E-state index >= 15 is 0 Å². The number of nitrogens with zero attached hydrogens (tertiary/aromatic N) is 1. The van der Waals surface area contributed by atoms with Crippen LogP contribution in [0.1, 0.15) is 13.8 Å². The predicted octanol–water partition coefficient (Wildman–Crippen LogP) is 0.302. The van der Waals surface area contributed by atoms with Crippen LogP contribution < -0.4 is 5.73 Å². The second kappa shape index (κ2) is 2.52. The molecule has 2 heterocycles. The molecule has 2 saturated heterocycles. The lowest BCUT2D eigenvalue weighted by Gasteiger charge is -2.48. The Labute approximate surface area is 85.6 Å². The molecule has 2 unspecified atom stereocenters. The van der Waals surface area contributed by atoms with E-state index in [-0.39, 0.29) is 5.54 Å². The molecule has 1 saturated carbocycles. The van der Waals surface area contributed by atoms with Crippen LogP contribution in [-0.4, -0.2) is 43.3 Å². The topological polar surface area (TPSA) is 38.5 Å². The van der Waals surface area contributed by atoms with Crippen molar-refractivity contribution in [3.05, 3.63) is 0 Å². The van der Waals surface area contributed by atoms with E-state index in [4.69, 9.17) is 10.5 Å². The molecule has 2 aliphatic heterocycles. The van der Waals surface area contributed by atoms with Crippen molar-refractivity contribution in [1.82, 2.24) is 4.90 Å². The molecule has 3 aliphatic rings. The summed E-state index contributed by atoms with van der Waals surface area (Å²) in [6.07, 6.45) is 0. The fourth-order valence-electron chi connectivity index (χ4n) is 3.29. The van der Waals surface area contributed by atoms with E-state index < -0.39 is 0 Å². The number of fused-ring (bicyclic) bond motifs is 1. The quantitative estimate of drug-likeness (QED) is 0.690. The summed E-state index contributed by atoms with van der Waals surface area (Å²) < 4.78 is 5.32. The largest absolute Gasteiger partial charge is 0.377 e. The van der Waals surface area contributed by atoms with Crippen molar-refractivity contribution in [2.24, 2.45) is 23.0 Å². The minimum Gasteiger partial charge on any atom is -0.377 e. The van der Waals surface area contributed by atoms with Crippen molar-refractivity contribution in [1.29, 1.82) is 0 Å². The van der Waals surface area contributed by atoms with E-state index in [1.165, 1.54) is 13.1 Å². The molecule has 3 heteroatoms. The van der Waals surface area contributed by atoms with Crippen molar-refractivity contribution >= 4 is 0 Å². The number of nitrogens with two attached hydrogens (primary N) is 1. The van der Waals surface area contributed by atoms with Gasteiger partial charge >= 0.3 is 0 Å². The van der Waals surface area contributed by atoms with E-state index in [1.54, 1.807) is 0 Å². The van der Waals surface area contributed by atoms with Crippen LogP contribution >= 0.6 is 0 Å². The van der Waals surface area contributed by atoms with Gasteiger partial charge in [0.25, 0.3) is 0 Å². The van der Waals surface area contributed by atoms with E-state index in [2.05, 4.69) is 18.7 Å². The summed E-state index contributed by atoms with van der Waals surface area (Å²) in [6, 6.07) is 0. The van der Waals surface area contributed by atoms with Gasteiger partial charge in [-0.3, -0.25) is 4.90 Å². The highest BCUT2D eigenvalue weighted by Gasteiger charge is 2.64. The Balaban J connectivity index is 1.68. The molecule has 3 fully saturated rings. The molecule has 0 aromatic rings. The van der Waals surface area contributed by atoms with Crippen molar-refractivity contribution < 1.29 is 4.74 Å². The van der Waals surface area contributed by atoms with Gasteiger partial charge in [0.1, 0.15) is 0 Å². The fraction of sp³-hybridized carbons (Fsp3) is 1.00. The van der Waals surface area contributed by atoms with Gasteiger partial charge in [0.2, 0.25) is 0 Å². The third-order valence-electron chi connectivity index (χ3n) is 4.91. The van der Waals surface area contributed by atoms with Gasteiger partial charge in [0, 0.05) is 19.6 Å². The van der Waals surface area contributed by atoms with Crippen LogP contribution in [-0.2, 0) is 4.74 Å². The molecule has 3 rings (SSSR count). The Morgan fingerprint density at radius 2 is 1.86 bits per heavy atom. The minimum absolute atomic E-state index is 0.212. The Bertz CT molecular complexity index is 241. The standard InChI is InChI=1S/C11H20N2O/c1-10(2)8-3-13(4-9(8)10)11(5-12)6-14-7-11/h8-9H,3-7,12H2,1-2H3. The predicted molar refractivity (Wildman–Crippen MR) is 54.9 cm³/mol. The number of hydrogen-bond donors (Lipinski definition) is 1. The number of ether oxygens (including phenoxy) is 1. The highest BCUT2D eigenvalue weighted by atomic mass is 16.5. The smallest absolute Gasteiger partial charge is 0.0802 e. The summed E-state index contributed by atoms with van der Waals surface area (Å²) in [6.45, 7) is 9.74. The highest BCUT2D eigenvalue weighted by molar-refractivity contribution is 5.15. The van der Waals surface area contributed by atoms with E-state index in [1.807, 2.05) is 0 Å². The van der Waals surface area contributed by atoms with Crippen LogP contribution in [0.3, 0.4) is 0 Å². The van der Waals surface area contributed by atoms with Crippen LogP contribution in [0.15, 0.2) is 0 Å². The Hall–Kier alpha value is -0.120. The van der Waals surface area contributed by atoms with Crippen molar-refractivity contribution in [2.45, 2.75) is 19.4 Å². The first-order valence-corrected chi connectivity index (χ1v) is 5.63. The monoisotopic (exact) mass is 196 g/mol. The van der Waals surface area contributed by atoms with Crippen LogP contribution in [0.5, 0.6) is 0 Å². The van der Waals surface area contributed by atoms with Gasteiger partial charge in [-0.15, -0.1) is 0 Å². The van der Waals surface area contributed by atoms with E-state index in [9.17, 15) is 0 Å². The maximum absolute atomic E-state index is 5.85. The molecular weight excluding hydrogens is 176 g/mol. The zero-order valence-corrected chi connectivity index (χ0v) is 9.12. The lowest BCUT2D eigenvalue weighted by atomic mass is 9.93. The molecule has 0 bridgehead atoms. The number of piperidine rings is 1. The normalized spacial score (nSPS) is 43.1. The molecule has 3 nitrogen and oxygen atoms in total. The number of likely N-dealkylation sites (tertiary alicyclic amines) is 1. The lowest BCUT2D eigenvalue weighted by Crippen LogP contribution is -2.66. The Kier molecular flexibility index (Phi) is 1.64. The zero-order chi connectivity index (χ0) is 9.97. The number of rotatable bonds is 2. The summed E-state index contributed by atoms with van der Waals surface area (Å²) in [4.78, 5) is 2.58. The SMILES string of the molecule is CC1(C)C2CN(C3(CN)COC3)CC21. The van der Waals surface area contributed by atoms with Gasteiger partial charge in [-0.1, -0.05) is 13.8 Å². The Morgan fingerprint density at radius 1 is 1.29 bits per heavy atom. The van der Waals surface area contributed by atoms with Gasteiger partial charge in [0.15, 0.2) is 0 Å². The van der Waals surface area contributed by atoms with Crippen LogP contribution in [0.2, 0.25) is 0 Å². The van der Waals surface area contributed by atoms with E-state index in [0.717, 1.165) is 31.6 Å². The molecule has 80 valence electrons. The van der Waals surface area contributed by atoms with Crippen molar-refractivity contribution in [2.75, 3.05) is 32.8 Å². The first-order chi connectivity index (χ1) is 6.60. The summed E-state index contributed by atoms with van der Waals surface area (Å²) in [7, 11) is 0. The van der Waals surface area contributed by atoms with E-state index in [0.29, 0.717) is 5.41 Å². The molecular formula is C11H20N2O. The molecule has 2 atom stereocenters. The molecule has 0 aromatic heterocycles. The first kappa shape index (κ1) is 9.13. The van der Waals surface area contributed by atoms with Gasteiger partial charge in [-0.05, 0) is 17.3 Å². The molecule has 1 aliphatic carbocycles. The second-order valence-corrected chi connectivity index (χ2v) is 5.86. The summed E-state index contributed by atoms with van der Waals surface area (Å²) >= 11 is 0. The third kappa shape index (κ3) is 0.930. The summed E-state index contributed by atoms with van der Waals surface area (Å²) in [5, 5.41) is 0. The molecule has 0 spiro atoms. The van der Waals surface area contributed by atoms with Gasteiger partial charge in [0.05, 0.1) is 18.8 Å².